The Morgan fingerprint density at radius 1 is 1.55 bits per heavy atom. The lowest BCUT2D eigenvalue weighted by atomic mass is 10.3. The Hall–Kier alpha value is -1.04. The van der Waals surface area contributed by atoms with E-state index in [4.69, 9.17) is 11.6 Å². The molecule has 11 heavy (non-hydrogen) atoms. The topological polar surface area (TPSA) is 41.8 Å². The molecule has 0 fully saturated rings. The van der Waals surface area contributed by atoms with Crippen LogP contribution < -0.4 is 10.7 Å². The minimum absolute atomic E-state index is 0.616. The standard InChI is InChI=1S/C8H7ClN2/c9-8-4-3-7(6-11-8)2-1-5-10/h3-4,6H,5,10H2/p+2. The van der Waals surface area contributed by atoms with E-state index in [2.05, 4.69) is 22.6 Å². The second-order valence-electron chi connectivity index (χ2n) is 1.98. The highest BCUT2D eigenvalue weighted by Gasteiger charge is 1.94. The van der Waals surface area contributed by atoms with Crippen molar-refractivity contribution < 1.29 is 10.7 Å². The van der Waals surface area contributed by atoms with E-state index in [1.165, 1.54) is 0 Å². The first-order valence-corrected chi connectivity index (χ1v) is 3.66. The number of nitrogens with one attached hydrogen (secondary N) is 1. The molecule has 1 heterocycles. The highest BCUT2D eigenvalue weighted by Crippen LogP contribution is 1.98. The molecule has 1 rings (SSSR count). The van der Waals surface area contributed by atoms with Crippen molar-refractivity contribution in [3.8, 4) is 11.8 Å². The van der Waals surface area contributed by atoms with Gasteiger partial charge in [-0.2, -0.15) is 0 Å². The molecule has 0 aliphatic carbocycles. The van der Waals surface area contributed by atoms with Gasteiger partial charge in [0.15, 0.2) is 6.20 Å². The van der Waals surface area contributed by atoms with Gasteiger partial charge >= 0.3 is 0 Å². The Kier molecular flexibility index (Phi) is 2.91. The maximum Gasteiger partial charge on any atom is 0.273 e. The summed E-state index contributed by atoms with van der Waals surface area (Å²) < 4.78 is 0. The zero-order valence-corrected chi connectivity index (χ0v) is 6.78. The molecule has 0 atom stereocenters. The Balaban J connectivity index is 2.82. The number of hydrogen-bond donors (Lipinski definition) is 1. The molecule has 0 saturated heterocycles. The fraction of sp³-hybridized carbons (Fsp3) is 0.125. The van der Waals surface area contributed by atoms with E-state index in [9.17, 15) is 0 Å². The van der Waals surface area contributed by atoms with Crippen LogP contribution in [0.2, 0.25) is 5.15 Å². The summed E-state index contributed by atoms with van der Waals surface area (Å²) >= 11 is 5.63. The van der Waals surface area contributed by atoms with E-state index in [1.807, 2.05) is 6.07 Å². The smallest absolute Gasteiger partial charge is 0.273 e. The summed E-state index contributed by atoms with van der Waals surface area (Å²) in [5, 5.41) is 0.616. The number of halogens is 1. The van der Waals surface area contributed by atoms with Gasteiger partial charge in [0.1, 0.15) is 6.54 Å². The third-order valence-corrected chi connectivity index (χ3v) is 1.37. The predicted molar refractivity (Wildman–Crippen MR) is 42.6 cm³/mol. The third-order valence-electron chi connectivity index (χ3n) is 1.13. The van der Waals surface area contributed by atoms with Gasteiger partial charge in [0.05, 0.1) is 5.56 Å². The quantitative estimate of drug-likeness (QED) is 0.410. The average Bonchev–Trinajstić information content (AvgIpc) is 2.04. The zero-order valence-electron chi connectivity index (χ0n) is 6.02. The molecular formula is C8H9ClN2+2. The Labute approximate surface area is 70.4 Å². The van der Waals surface area contributed by atoms with Crippen molar-refractivity contribution in [1.29, 1.82) is 0 Å². The molecule has 1 aromatic rings. The number of hydrogen-bond acceptors (Lipinski definition) is 0. The average molecular weight is 169 g/mol. The minimum Gasteiger partial charge on any atom is -0.347 e. The van der Waals surface area contributed by atoms with Crippen molar-refractivity contribution in [2.75, 3.05) is 6.54 Å². The van der Waals surface area contributed by atoms with Crippen LogP contribution in [0.25, 0.3) is 0 Å². The first-order chi connectivity index (χ1) is 5.33. The third kappa shape index (κ3) is 2.58. The van der Waals surface area contributed by atoms with Crippen molar-refractivity contribution in [2.45, 2.75) is 0 Å². The van der Waals surface area contributed by atoms with Crippen LogP contribution in [0.3, 0.4) is 0 Å². The summed E-state index contributed by atoms with van der Waals surface area (Å²) in [5.74, 6) is 5.78. The highest BCUT2D eigenvalue weighted by atomic mass is 35.5. The zero-order chi connectivity index (χ0) is 8.10. The molecule has 2 nitrogen and oxygen atoms in total. The van der Waals surface area contributed by atoms with Crippen LogP contribution in [0.4, 0.5) is 0 Å². The Morgan fingerprint density at radius 2 is 2.36 bits per heavy atom. The first-order valence-electron chi connectivity index (χ1n) is 3.28. The van der Waals surface area contributed by atoms with Gasteiger partial charge in [0.2, 0.25) is 0 Å². The predicted octanol–water partition coefficient (Wildman–Crippen LogP) is -0.252. The summed E-state index contributed by atoms with van der Waals surface area (Å²) in [6.07, 6.45) is 1.77. The summed E-state index contributed by atoms with van der Waals surface area (Å²) in [6.45, 7) is 0.628. The first kappa shape index (κ1) is 8.06. The molecule has 0 unspecified atom stereocenters. The summed E-state index contributed by atoms with van der Waals surface area (Å²) in [7, 11) is 0. The molecular weight excluding hydrogens is 160 g/mol. The maximum atomic E-state index is 5.63. The van der Waals surface area contributed by atoms with Gasteiger partial charge in [-0.25, -0.2) is 4.98 Å². The van der Waals surface area contributed by atoms with E-state index in [1.54, 1.807) is 12.3 Å². The molecule has 0 amide bonds. The summed E-state index contributed by atoms with van der Waals surface area (Å²) in [5.41, 5.74) is 4.54. The molecule has 0 aromatic carbocycles. The lowest BCUT2D eigenvalue weighted by Crippen LogP contribution is -2.49. The minimum atomic E-state index is 0.616. The number of quaternary nitrogens is 1. The molecule has 0 aliphatic rings. The van der Waals surface area contributed by atoms with E-state index >= 15 is 0 Å². The molecule has 56 valence electrons. The molecule has 4 N–H and O–H groups in total. The van der Waals surface area contributed by atoms with Crippen molar-refractivity contribution in [2.24, 2.45) is 0 Å². The van der Waals surface area contributed by atoms with Gasteiger partial charge in [0.25, 0.3) is 5.15 Å². The number of H-pyrrole nitrogens is 1. The van der Waals surface area contributed by atoms with E-state index in [-0.39, 0.29) is 0 Å². The fourth-order valence-electron chi connectivity index (χ4n) is 0.648. The SMILES string of the molecule is [NH3+]CC#Cc1ccc(Cl)[nH+]c1. The van der Waals surface area contributed by atoms with Gasteiger partial charge in [-0.05, 0) is 23.6 Å². The molecule has 0 bridgehead atoms. The second kappa shape index (κ2) is 3.97. The number of aromatic nitrogens is 1. The van der Waals surface area contributed by atoms with E-state index in [0.29, 0.717) is 11.7 Å². The van der Waals surface area contributed by atoms with Gasteiger partial charge in [-0.1, -0.05) is 5.92 Å². The van der Waals surface area contributed by atoms with Crippen LogP contribution in [0.15, 0.2) is 18.3 Å². The Morgan fingerprint density at radius 3 is 2.91 bits per heavy atom. The summed E-state index contributed by atoms with van der Waals surface area (Å²) in [4.78, 5) is 2.85. The van der Waals surface area contributed by atoms with Crippen molar-refractivity contribution >= 4 is 11.6 Å². The van der Waals surface area contributed by atoms with Gasteiger partial charge in [-0.3, -0.25) is 0 Å². The van der Waals surface area contributed by atoms with Crippen molar-refractivity contribution in [3.05, 3.63) is 29.0 Å². The normalized spacial score (nSPS) is 8.55. The number of aromatic amines is 1. The molecule has 1 aromatic heterocycles. The van der Waals surface area contributed by atoms with E-state index < -0.39 is 0 Å². The van der Waals surface area contributed by atoms with Gasteiger partial charge in [0, 0.05) is 6.07 Å². The molecule has 3 heteroatoms. The van der Waals surface area contributed by atoms with Gasteiger partial charge < -0.3 is 5.73 Å². The molecule has 0 aliphatic heterocycles. The van der Waals surface area contributed by atoms with Crippen molar-refractivity contribution in [3.63, 3.8) is 0 Å². The highest BCUT2D eigenvalue weighted by molar-refractivity contribution is 6.28. The lowest BCUT2D eigenvalue weighted by Gasteiger charge is -1.82. The lowest BCUT2D eigenvalue weighted by molar-refractivity contribution is -0.375. The monoisotopic (exact) mass is 168 g/mol. The van der Waals surface area contributed by atoms with Crippen LogP contribution in [0, 0.1) is 11.8 Å². The molecule has 0 saturated carbocycles. The maximum absolute atomic E-state index is 5.63. The van der Waals surface area contributed by atoms with E-state index in [0.717, 1.165) is 5.56 Å². The summed E-state index contributed by atoms with van der Waals surface area (Å²) in [6, 6.07) is 3.64. The van der Waals surface area contributed by atoms with Crippen LogP contribution >= 0.6 is 11.6 Å². The Bertz CT molecular complexity index is 281. The fourth-order valence-corrected chi connectivity index (χ4v) is 0.766. The van der Waals surface area contributed by atoms with Crippen LogP contribution in [-0.2, 0) is 0 Å². The molecule has 0 spiro atoms. The van der Waals surface area contributed by atoms with Crippen molar-refractivity contribution in [1.82, 2.24) is 0 Å². The van der Waals surface area contributed by atoms with Crippen LogP contribution in [0.5, 0.6) is 0 Å². The second-order valence-corrected chi connectivity index (χ2v) is 2.38. The molecule has 0 radical (unpaired) electrons. The number of pyridine rings is 1. The van der Waals surface area contributed by atoms with Crippen LogP contribution in [-0.4, -0.2) is 6.54 Å². The van der Waals surface area contributed by atoms with Crippen LogP contribution in [0.1, 0.15) is 5.56 Å². The largest absolute Gasteiger partial charge is 0.347 e. The number of rotatable bonds is 0. The van der Waals surface area contributed by atoms with Gasteiger partial charge in [-0.15, -0.1) is 0 Å².